The quantitative estimate of drug-likeness (QED) is 0.841. The molecule has 0 unspecified atom stereocenters. The van der Waals surface area contributed by atoms with Crippen LogP contribution >= 0.6 is 0 Å². The van der Waals surface area contributed by atoms with E-state index in [9.17, 15) is 4.79 Å². The standard InChI is InChI=1S/C19H25NO2/c1-14(2)10-12-22-18-8-7-16-5-4-6-17(19(16)13-18)9-11-20-15(3)21/h4-8,13-14H,9-12H2,1-3H3,(H,20,21). The lowest BCUT2D eigenvalue weighted by Gasteiger charge is -2.11. The van der Waals surface area contributed by atoms with Crippen LogP contribution in [-0.4, -0.2) is 19.1 Å². The maximum Gasteiger partial charge on any atom is 0.216 e. The van der Waals surface area contributed by atoms with E-state index in [1.807, 2.05) is 6.07 Å². The Morgan fingerprint density at radius 1 is 1.23 bits per heavy atom. The van der Waals surface area contributed by atoms with Crippen LogP contribution in [0.4, 0.5) is 0 Å². The average molecular weight is 299 g/mol. The maximum atomic E-state index is 11.0. The molecule has 0 saturated heterocycles. The van der Waals surface area contributed by atoms with Gasteiger partial charge in [0.15, 0.2) is 0 Å². The second-order valence-corrected chi connectivity index (χ2v) is 6.06. The molecule has 0 bridgehead atoms. The van der Waals surface area contributed by atoms with Crippen LogP contribution < -0.4 is 10.1 Å². The van der Waals surface area contributed by atoms with Gasteiger partial charge in [0, 0.05) is 13.5 Å². The van der Waals surface area contributed by atoms with Crippen LogP contribution in [0.3, 0.4) is 0 Å². The molecule has 0 aromatic heterocycles. The Kier molecular flexibility index (Phi) is 5.82. The normalized spacial score (nSPS) is 10.9. The van der Waals surface area contributed by atoms with E-state index >= 15 is 0 Å². The van der Waals surface area contributed by atoms with Crippen LogP contribution in [0.15, 0.2) is 36.4 Å². The van der Waals surface area contributed by atoms with Crippen molar-refractivity contribution < 1.29 is 9.53 Å². The van der Waals surface area contributed by atoms with Crippen molar-refractivity contribution in [2.45, 2.75) is 33.6 Å². The molecule has 118 valence electrons. The number of hydrogen-bond acceptors (Lipinski definition) is 2. The Balaban J connectivity index is 2.12. The van der Waals surface area contributed by atoms with Gasteiger partial charge in [0.2, 0.25) is 5.91 Å². The molecular weight excluding hydrogens is 274 g/mol. The Hall–Kier alpha value is -2.03. The largest absolute Gasteiger partial charge is 0.494 e. The summed E-state index contributed by atoms with van der Waals surface area (Å²) in [6, 6.07) is 12.5. The Morgan fingerprint density at radius 3 is 2.77 bits per heavy atom. The number of carbonyl (C=O) groups is 1. The van der Waals surface area contributed by atoms with E-state index in [4.69, 9.17) is 4.74 Å². The fourth-order valence-electron chi connectivity index (χ4n) is 2.41. The summed E-state index contributed by atoms with van der Waals surface area (Å²) in [5.41, 5.74) is 1.24. The zero-order chi connectivity index (χ0) is 15.9. The second-order valence-electron chi connectivity index (χ2n) is 6.06. The van der Waals surface area contributed by atoms with Crippen LogP contribution in [0.1, 0.15) is 32.8 Å². The molecule has 0 atom stereocenters. The fraction of sp³-hybridized carbons (Fsp3) is 0.421. The van der Waals surface area contributed by atoms with Gasteiger partial charge in [-0.1, -0.05) is 38.1 Å². The van der Waals surface area contributed by atoms with Gasteiger partial charge < -0.3 is 10.1 Å². The molecule has 2 aromatic carbocycles. The summed E-state index contributed by atoms with van der Waals surface area (Å²) in [5.74, 6) is 1.58. The summed E-state index contributed by atoms with van der Waals surface area (Å²) in [6.07, 6.45) is 1.88. The number of fused-ring (bicyclic) bond motifs is 1. The van der Waals surface area contributed by atoms with Gasteiger partial charge in [-0.15, -0.1) is 0 Å². The van der Waals surface area contributed by atoms with Crippen molar-refractivity contribution in [3.05, 3.63) is 42.0 Å². The first-order valence-electron chi connectivity index (χ1n) is 7.95. The lowest BCUT2D eigenvalue weighted by Crippen LogP contribution is -2.22. The first-order valence-corrected chi connectivity index (χ1v) is 7.95. The van der Waals surface area contributed by atoms with E-state index in [0.717, 1.165) is 25.2 Å². The summed E-state index contributed by atoms with van der Waals surface area (Å²) in [4.78, 5) is 11.0. The predicted molar refractivity (Wildman–Crippen MR) is 91.3 cm³/mol. The van der Waals surface area contributed by atoms with E-state index in [1.165, 1.54) is 16.3 Å². The third kappa shape index (κ3) is 4.76. The van der Waals surface area contributed by atoms with E-state index in [0.29, 0.717) is 12.5 Å². The highest BCUT2D eigenvalue weighted by Crippen LogP contribution is 2.24. The van der Waals surface area contributed by atoms with Crippen molar-refractivity contribution in [1.82, 2.24) is 5.32 Å². The molecule has 0 heterocycles. The highest BCUT2D eigenvalue weighted by atomic mass is 16.5. The molecule has 0 aliphatic heterocycles. The SMILES string of the molecule is CC(=O)NCCc1cccc2ccc(OCCC(C)C)cc12. The van der Waals surface area contributed by atoms with E-state index < -0.39 is 0 Å². The second kappa shape index (κ2) is 7.83. The third-order valence-corrected chi connectivity index (χ3v) is 3.68. The minimum atomic E-state index is 0.0120. The highest BCUT2D eigenvalue weighted by Gasteiger charge is 2.04. The summed E-state index contributed by atoms with van der Waals surface area (Å²) in [6.45, 7) is 7.35. The monoisotopic (exact) mass is 299 g/mol. The summed E-state index contributed by atoms with van der Waals surface area (Å²) < 4.78 is 5.85. The number of hydrogen-bond donors (Lipinski definition) is 1. The van der Waals surface area contributed by atoms with Crippen molar-refractivity contribution in [3.8, 4) is 5.75 Å². The zero-order valence-corrected chi connectivity index (χ0v) is 13.7. The van der Waals surface area contributed by atoms with Crippen LogP contribution in [-0.2, 0) is 11.2 Å². The first kappa shape index (κ1) is 16.3. The lowest BCUT2D eigenvalue weighted by molar-refractivity contribution is -0.118. The molecule has 22 heavy (non-hydrogen) atoms. The topological polar surface area (TPSA) is 38.3 Å². The van der Waals surface area contributed by atoms with Gasteiger partial charge in [-0.3, -0.25) is 4.79 Å². The van der Waals surface area contributed by atoms with Crippen molar-refractivity contribution >= 4 is 16.7 Å². The molecule has 3 heteroatoms. The molecule has 1 amide bonds. The molecule has 0 saturated carbocycles. The van der Waals surface area contributed by atoms with Crippen LogP contribution in [0.25, 0.3) is 10.8 Å². The number of amides is 1. The molecule has 0 radical (unpaired) electrons. The van der Waals surface area contributed by atoms with Crippen molar-refractivity contribution in [2.24, 2.45) is 5.92 Å². The van der Waals surface area contributed by atoms with Crippen molar-refractivity contribution in [2.75, 3.05) is 13.2 Å². The minimum Gasteiger partial charge on any atom is -0.494 e. The van der Waals surface area contributed by atoms with Crippen LogP contribution in [0.5, 0.6) is 5.75 Å². The predicted octanol–water partition coefficient (Wildman–Crippen LogP) is 3.94. The van der Waals surface area contributed by atoms with Gasteiger partial charge in [-0.25, -0.2) is 0 Å². The molecule has 0 aliphatic carbocycles. The number of nitrogens with one attached hydrogen (secondary N) is 1. The lowest BCUT2D eigenvalue weighted by atomic mass is 10.0. The maximum absolute atomic E-state index is 11.0. The summed E-state index contributed by atoms with van der Waals surface area (Å²) >= 11 is 0. The van der Waals surface area contributed by atoms with Gasteiger partial charge in [-0.2, -0.15) is 0 Å². The zero-order valence-electron chi connectivity index (χ0n) is 13.7. The molecular formula is C19H25NO2. The number of ether oxygens (including phenoxy) is 1. The number of carbonyl (C=O) groups excluding carboxylic acids is 1. The van der Waals surface area contributed by atoms with E-state index in [2.05, 4.69) is 49.5 Å². The minimum absolute atomic E-state index is 0.0120. The van der Waals surface area contributed by atoms with Crippen LogP contribution in [0.2, 0.25) is 0 Å². The van der Waals surface area contributed by atoms with Gasteiger partial charge in [0.05, 0.1) is 6.61 Å². The van der Waals surface area contributed by atoms with E-state index in [-0.39, 0.29) is 5.91 Å². The highest BCUT2D eigenvalue weighted by molar-refractivity contribution is 5.87. The molecule has 3 nitrogen and oxygen atoms in total. The fourth-order valence-corrected chi connectivity index (χ4v) is 2.41. The van der Waals surface area contributed by atoms with E-state index in [1.54, 1.807) is 6.92 Å². The molecule has 1 N–H and O–H groups in total. The smallest absolute Gasteiger partial charge is 0.216 e. The van der Waals surface area contributed by atoms with Gasteiger partial charge >= 0.3 is 0 Å². The first-order chi connectivity index (χ1) is 10.6. The van der Waals surface area contributed by atoms with Gasteiger partial charge in [0.25, 0.3) is 0 Å². The van der Waals surface area contributed by atoms with Crippen molar-refractivity contribution in [1.29, 1.82) is 0 Å². The number of rotatable bonds is 7. The molecule has 0 fully saturated rings. The number of benzene rings is 2. The summed E-state index contributed by atoms with van der Waals surface area (Å²) in [5, 5.41) is 5.26. The Labute approximate surface area is 132 Å². The van der Waals surface area contributed by atoms with Crippen LogP contribution in [0, 0.1) is 5.92 Å². The molecule has 0 aliphatic rings. The Bertz CT molecular complexity index is 634. The van der Waals surface area contributed by atoms with Crippen molar-refractivity contribution in [3.63, 3.8) is 0 Å². The third-order valence-electron chi connectivity index (χ3n) is 3.68. The molecule has 0 spiro atoms. The molecule has 2 rings (SSSR count). The average Bonchev–Trinajstić information content (AvgIpc) is 2.47. The molecule has 2 aromatic rings. The summed E-state index contributed by atoms with van der Waals surface area (Å²) in [7, 11) is 0. The van der Waals surface area contributed by atoms with Gasteiger partial charge in [0.1, 0.15) is 5.75 Å². The van der Waals surface area contributed by atoms with Gasteiger partial charge in [-0.05, 0) is 47.2 Å². The Morgan fingerprint density at radius 2 is 2.05 bits per heavy atom.